The molecule has 1 aliphatic rings. The third kappa shape index (κ3) is 6.06. The number of nitrogens with one attached hydrogen (secondary N) is 1. The van der Waals surface area contributed by atoms with Gasteiger partial charge in [0.25, 0.3) is 5.91 Å². The lowest BCUT2D eigenvalue weighted by molar-refractivity contribution is -0.132. The third-order valence-electron chi connectivity index (χ3n) is 4.58. The van der Waals surface area contributed by atoms with Crippen LogP contribution in [0.3, 0.4) is 0 Å². The van der Waals surface area contributed by atoms with E-state index in [0.29, 0.717) is 32.5 Å². The number of carbonyl (C=O) groups is 2. The molecule has 5 nitrogen and oxygen atoms in total. The molecule has 1 fully saturated rings. The van der Waals surface area contributed by atoms with Crippen LogP contribution >= 0.6 is 23.2 Å². The molecule has 1 aromatic rings. The van der Waals surface area contributed by atoms with Crippen molar-refractivity contribution < 1.29 is 14.3 Å². The molecular weight excluding hydrogens is 375 g/mol. The van der Waals surface area contributed by atoms with Crippen LogP contribution in [0.25, 0.3) is 0 Å². The summed E-state index contributed by atoms with van der Waals surface area (Å²) in [4.78, 5) is 24.6. The largest absolute Gasteiger partial charge is 0.493 e. The lowest BCUT2D eigenvalue weighted by atomic mass is 10.0. The fourth-order valence-corrected chi connectivity index (χ4v) is 3.25. The maximum Gasteiger partial charge on any atom is 0.253 e. The Morgan fingerprint density at radius 3 is 2.42 bits per heavy atom. The molecule has 2 rings (SSSR count). The Morgan fingerprint density at radius 2 is 1.85 bits per heavy atom. The van der Waals surface area contributed by atoms with Crippen molar-refractivity contribution in [2.24, 2.45) is 0 Å². The molecule has 0 saturated carbocycles. The van der Waals surface area contributed by atoms with Gasteiger partial charge in [0.2, 0.25) is 5.91 Å². The first kappa shape index (κ1) is 20.8. The van der Waals surface area contributed by atoms with Gasteiger partial charge in [0.1, 0.15) is 5.75 Å². The molecule has 0 radical (unpaired) electrons. The highest BCUT2D eigenvalue weighted by Gasteiger charge is 2.24. The first-order chi connectivity index (χ1) is 12.4. The van der Waals surface area contributed by atoms with Crippen molar-refractivity contribution >= 4 is 35.0 Å². The minimum Gasteiger partial charge on any atom is -0.493 e. The summed E-state index contributed by atoms with van der Waals surface area (Å²) in [6, 6.07) is 6.08. The first-order valence-electron chi connectivity index (χ1n) is 8.93. The van der Waals surface area contributed by atoms with E-state index in [4.69, 9.17) is 27.9 Å². The molecule has 1 N–H and O–H groups in total. The van der Waals surface area contributed by atoms with Crippen molar-refractivity contribution in [2.75, 3.05) is 19.7 Å². The maximum atomic E-state index is 12.3. The minimum absolute atomic E-state index is 0.0268. The number of nitrogens with zero attached hydrogens (tertiary/aromatic N) is 1. The van der Waals surface area contributed by atoms with Gasteiger partial charge in [-0.2, -0.15) is 0 Å². The monoisotopic (exact) mass is 400 g/mol. The first-order valence-corrected chi connectivity index (χ1v) is 9.81. The number of hydrogen-bond donors (Lipinski definition) is 1. The van der Waals surface area contributed by atoms with Gasteiger partial charge in [-0.1, -0.05) is 41.4 Å². The van der Waals surface area contributed by atoms with Crippen LogP contribution in [-0.2, 0) is 9.59 Å². The zero-order valence-electron chi connectivity index (χ0n) is 15.3. The normalized spacial score (nSPS) is 15.2. The number of alkyl halides is 2. The van der Waals surface area contributed by atoms with Crippen LogP contribution in [0.4, 0.5) is 0 Å². The number of carbonyl (C=O) groups excluding carboxylic acids is 2. The number of amides is 2. The van der Waals surface area contributed by atoms with Crippen LogP contribution < -0.4 is 10.1 Å². The van der Waals surface area contributed by atoms with Gasteiger partial charge in [0, 0.05) is 25.6 Å². The van der Waals surface area contributed by atoms with Gasteiger partial charge in [-0.05, 0) is 44.2 Å². The topological polar surface area (TPSA) is 58.6 Å². The molecule has 0 aromatic heterocycles. The Bertz CT molecular complexity index is 609. The summed E-state index contributed by atoms with van der Waals surface area (Å²) >= 11 is 11.1. The van der Waals surface area contributed by atoms with Crippen LogP contribution in [0.1, 0.15) is 36.8 Å². The van der Waals surface area contributed by atoms with Crippen molar-refractivity contribution in [3.8, 4) is 5.75 Å². The summed E-state index contributed by atoms with van der Waals surface area (Å²) < 4.78 is 5.85. The minimum atomic E-state index is -1.05. The highest BCUT2D eigenvalue weighted by atomic mass is 35.5. The molecule has 0 atom stereocenters. The molecule has 1 heterocycles. The predicted octanol–water partition coefficient (Wildman–Crippen LogP) is 3.37. The summed E-state index contributed by atoms with van der Waals surface area (Å²) in [5.41, 5.74) is 2.22. The number of halogens is 2. The molecule has 0 spiro atoms. The highest BCUT2D eigenvalue weighted by molar-refractivity contribution is 6.53. The van der Waals surface area contributed by atoms with Crippen molar-refractivity contribution in [1.29, 1.82) is 0 Å². The zero-order valence-corrected chi connectivity index (χ0v) is 16.8. The fourth-order valence-electron chi connectivity index (χ4n) is 3.12. The second kappa shape index (κ2) is 10.0. The molecule has 26 heavy (non-hydrogen) atoms. The van der Waals surface area contributed by atoms with Crippen LogP contribution in [0.5, 0.6) is 5.75 Å². The Balaban J connectivity index is 1.67. The van der Waals surface area contributed by atoms with E-state index in [1.807, 2.05) is 36.9 Å². The number of hydrogen-bond acceptors (Lipinski definition) is 3. The predicted molar refractivity (Wildman–Crippen MR) is 104 cm³/mol. The Labute approximate surface area is 165 Å². The van der Waals surface area contributed by atoms with Gasteiger partial charge in [-0.15, -0.1) is 0 Å². The average Bonchev–Trinajstić information content (AvgIpc) is 2.61. The second-order valence-corrected chi connectivity index (χ2v) is 7.73. The van der Waals surface area contributed by atoms with Crippen molar-refractivity contribution in [3.63, 3.8) is 0 Å². The molecule has 1 aromatic carbocycles. The second-order valence-electron chi connectivity index (χ2n) is 6.64. The zero-order chi connectivity index (χ0) is 19.1. The molecule has 1 aliphatic heterocycles. The van der Waals surface area contributed by atoms with Crippen LogP contribution in [-0.4, -0.2) is 47.3 Å². The molecule has 144 valence electrons. The average molecular weight is 401 g/mol. The summed E-state index contributed by atoms with van der Waals surface area (Å²) in [7, 11) is 0. The summed E-state index contributed by atoms with van der Waals surface area (Å²) in [5, 5.41) is 2.80. The quantitative estimate of drug-likeness (QED) is 0.563. The maximum absolute atomic E-state index is 12.3. The summed E-state index contributed by atoms with van der Waals surface area (Å²) in [6.07, 6.45) is 2.59. The van der Waals surface area contributed by atoms with Crippen molar-refractivity contribution in [3.05, 3.63) is 29.3 Å². The van der Waals surface area contributed by atoms with Crippen LogP contribution in [0.2, 0.25) is 0 Å². The molecule has 0 bridgehead atoms. The van der Waals surface area contributed by atoms with Gasteiger partial charge in [-0.3, -0.25) is 9.59 Å². The van der Waals surface area contributed by atoms with Gasteiger partial charge in [0.05, 0.1) is 6.61 Å². The number of aryl methyl sites for hydroxylation is 2. The van der Waals surface area contributed by atoms with E-state index < -0.39 is 4.84 Å². The molecule has 0 unspecified atom stereocenters. The van der Waals surface area contributed by atoms with E-state index in [-0.39, 0.29) is 17.9 Å². The van der Waals surface area contributed by atoms with E-state index in [1.165, 1.54) is 0 Å². The van der Waals surface area contributed by atoms with Gasteiger partial charge in [0.15, 0.2) is 4.84 Å². The number of likely N-dealkylation sites (tertiary alicyclic amines) is 1. The molecular formula is C19H26Cl2N2O3. The number of piperidine rings is 1. The van der Waals surface area contributed by atoms with Crippen molar-refractivity contribution in [1.82, 2.24) is 10.2 Å². The summed E-state index contributed by atoms with van der Waals surface area (Å²) in [5.74, 6) is 0.669. The fraction of sp³-hybridized carbons (Fsp3) is 0.579. The molecule has 2 amide bonds. The molecule has 1 saturated heterocycles. The Morgan fingerprint density at radius 1 is 1.23 bits per heavy atom. The smallest absolute Gasteiger partial charge is 0.253 e. The summed E-state index contributed by atoms with van der Waals surface area (Å²) in [6.45, 7) is 5.84. The van der Waals surface area contributed by atoms with E-state index in [1.54, 1.807) is 0 Å². The van der Waals surface area contributed by atoms with Gasteiger partial charge < -0.3 is 15.0 Å². The van der Waals surface area contributed by atoms with E-state index in [9.17, 15) is 9.59 Å². The lowest BCUT2D eigenvalue weighted by Gasteiger charge is -2.32. The number of ether oxygens (including phenoxy) is 1. The van der Waals surface area contributed by atoms with E-state index in [2.05, 4.69) is 5.32 Å². The molecule has 7 heteroatoms. The van der Waals surface area contributed by atoms with Gasteiger partial charge in [-0.25, -0.2) is 0 Å². The van der Waals surface area contributed by atoms with E-state index >= 15 is 0 Å². The Kier molecular flexibility index (Phi) is 8.04. The highest BCUT2D eigenvalue weighted by Crippen LogP contribution is 2.22. The van der Waals surface area contributed by atoms with Gasteiger partial charge >= 0.3 is 0 Å². The Hall–Kier alpha value is -1.46. The molecule has 0 aliphatic carbocycles. The lowest BCUT2D eigenvalue weighted by Crippen LogP contribution is -2.47. The number of rotatable bonds is 7. The van der Waals surface area contributed by atoms with Crippen LogP contribution in [0, 0.1) is 13.8 Å². The number of benzene rings is 1. The van der Waals surface area contributed by atoms with Crippen LogP contribution in [0.15, 0.2) is 18.2 Å². The van der Waals surface area contributed by atoms with E-state index in [0.717, 1.165) is 29.7 Å². The standard InChI is InChI=1S/C19H26Cl2N2O3/c1-13-5-3-6-14(2)17(13)26-12-4-7-16(24)23-10-8-15(9-11-23)22-19(25)18(20)21/h3,5-6,15,18H,4,7-12H2,1-2H3,(H,22,25). The number of para-hydroxylation sites is 1. The third-order valence-corrected chi connectivity index (χ3v) is 4.98. The SMILES string of the molecule is Cc1cccc(C)c1OCCCC(=O)N1CCC(NC(=O)C(Cl)Cl)CC1. The van der Waals surface area contributed by atoms with Crippen molar-refractivity contribution in [2.45, 2.75) is 50.4 Å².